The molecule has 9 heteroatoms. The number of nitrogens with one attached hydrogen (secondary N) is 1. The number of anilines is 1. The van der Waals surface area contributed by atoms with Crippen molar-refractivity contribution in [1.82, 2.24) is 10.2 Å². The van der Waals surface area contributed by atoms with Crippen LogP contribution in [0.3, 0.4) is 0 Å². The Hall–Kier alpha value is -3.07. The largest absolute Gasteiger partial charge is 0.495 e. The Morgan fingerprint density at radius 3 is 2.29 bits per heavy atom. The van der Waals surface area contributed by atoms with E-state index in [2.05, 4.69) is 5.32 Å². The lowest BCUT2D eigenvalue weighted by Crippen LogP contribution is -2.51. The summed E-state index contributed by atoms with van der Waals surface area (Å²) in [4.78, 5) is 28.0. The molecule has 0 spiro atoms. The van der Waals surface area contributed by atoms with Gasteiger partial charge in [0.05, 0.1) is 19.1 Å². The first-order valence-electron chi connectivity index (χ1n) is 11.6. The minimum atomic E-state index is -3.84. The molecule has 0 aliphatic rings. The van der Waals surface area contributed by atoms with Crippen LogP contribution in [0.1, 0.15) is 37.5 Å². The minimum Gasteiger partial charge on any atom is -0.495 e. The van der Waals surface area contributed by atoms with Crippen LogP contribution in [-0.2, 0) is 26.2 Å². The Balaban J connectivity index is 2.45. The fraction of sp³-hybridized carbons (Fsp3) is 0.462. The van der Waals surface area contributed by atoms with Gasteiger partial charge in [-0.1, -0.05) is 44.2 Å². The predicted molar refractivity (Wildman–Crippen MR) is 139 cm³/mol. The number of ether oxygens (including phenoxy) is 1. The van der Waals surface area contributed by atoms with Gasteiger partial charge in [0, 0.05) is 13.1 Å². The zero-order valence-corrected chi connectivity index (χ0v) is 22.5. The predicted octanol–water partition coefficient (Wildman–Crippen LogP) is 3.27. The molecule has 2 aromatic rings. The molecule has 2 aromatic carbocycles. The average molecular weight is 504 g/mol. The van der Waals surface area contributed by atoms with Crippen LogP contribution in [0.15, 0.2) is 42.5 Å². The molecule has 0 fully saturated rings. The number of methoxy groups -OCH3 is 1. The van der Waals surface area contributed by atoms with Crippen molar-refractivity contribution < 1.29 is 22.7 Å². The van der Waals surface area contributed by atoms with Crippen LogP contribution >= 0.6 is 0 Å². The third kappa shape index (κ3) is 7.71. The van der Waals surface area contributed by atoms with Gasteiger partial charge in [-0.3, -0.25) is 13.9 Å². The van der Waals surface area contributed by atoms with Gasteiger partial charge in [0.15, 0.2) is 0 Å². The van der Waals surface area contributed by atoms with E-state index in [-0.39, 0.29) is 24.1 Å². The second-order valence-electron chi connectivity index (χ2n) is 9.21. The molecule has 0 saturated carbocycles. The molecule has 2 amide bonds. The van der Waals surface area contributed by atoms with E-state index in [1.165, 1.54) is 12.0 Å². The molecular weight excluding hydrogens is 466 g/mol. The highest BCUT2D eigenvalue weighted by molar-refractivity contribution is 7.92. The maximum atomic E-state index is 13.7. The highest BCUT2D eigenvalue weighted by atomic mass is 32.2. The van der Waals surface area contributed by atoms with Gasteiger partial charge in [-0.05, 0) is 55.5 Å². The second-order valence-corrected chi connectivity index (χ2v) is 11.1. The van der Waals surface area contributed by atoms with Crippen molar-refractivity contribution >= 4 is 27.5 Å². The van der Waals surface area contributed by atoms with Crippen LogP contribution in [0, 0.1) is 19.8 Å². The summed E-state index contributed by atoms with van der Waals surface area (Å²) < 4.78 is 32.0. The molecule has 0 aliphatic heterocycles. The lowest BCUT2D eigenvalue weighted by molar-refractivity contribution is -0.139. The van der Waals surface area contributed by atoms with Crippen molar-refractivity contribution in [3.8, 4) is 5.75 Å². The van der Waals surface area contributed by atoms with E-state index in [0.717, 1.165) is 27.3 Å². The van der Waals surface area contributed by atoms with Gasteiger partial charge in [-0.25, -0.2) is 8.42 Å². The molecule has 0 aliphatic carbocycles. The van der Waals surface area contributed by atoms with Crippen molar-refractivity contribution in [3.05, 3.63) is 59.2 Å². The average Bonchev–Trinajstić information content (AvgIpc) is 2.79. The van der Waals surface area contributed by atoms with Crippen LogP contribution < -0.4 is 14.4 Å². The van der Waals surface area contributed by atoms with Crippen molar-refractivity contribution in [2.24, 2.45) is 5.92 Å². The maximum absolute atomic E-state index is 13.7. The molecular formula is C26H37N3O5S. The first-order valence-corrected chi connectivity index (χ1v) is 13.4. The molecule has 192 valence electrons. The monoisotopic (exact) mass is 503 g/mol. The quantitative estimate of drug-likeness (QED) is 0.508. The molecule has 0 aromatic heterocycles. The lowest BCUT2D eigenvalue weighted by Gasteiger charge is -2.32. The maximum Gasteiger partial charge on any atom is 0.244 e. The Bertz CT molecular complexity index is 1150. The van der Waals surface area contributed by atoms with E-state index in [1.54, 1.807) is 25.1 Å². The third-order valence-electron chi connectivity index (χ3n) is 5.74. The van der Waals surface area contributed by atoms with Gasteiger partial charge < -0.3 is 15.0 Å². The van der Waals surface area contributed by atoms with Gasteiger partial charge in [-0.15, -0.1) is 0 Å². The molecule has 1 unspecified atom stereocenters. The van der Waals surface area contributed by atoms with Crippen LogP contribution in [-0.4, -0.2) is 57.6 Å². The SMILES string of the molecule is COc1ccc(C)cc1N(CC(=O)N(Cc1ccccc1C)C(C)C(=O)NCC(C)C)S(C)(=O)=O. The summed E-state index contributed by atoms with van der Waals surface area (Å²) in [6, 6.07) is 11.9. The first kappa shape index (κ1) is 28.2. The van der Waals surface area contributed by atoms with Crippen LogP contribution in [0.2, 0.25) is 0 Å². The van der Waals surface area contributed by atoms with Crippen LogP contribution in [0.4, 0.5) is 5.69 Å². The van der Waals surface area contributed by atoms with Crippen LogP contribution in [0.25, 0.3) is 0 Å². The molecule has 2 rings (SSSR count). The number of benzene rings is 2. The number of sulfonamides is 1. The van der Waals surface area contributed by atoms with Crippen molar-refractivity contribution in [1.29, 1.82) is 0 Å². The normalized spacial score (nSPS) is 12.2. The lowest BCUT2D eigenvalue weighted by atomic mass is 10.1. The summed E-state index contributed by atoms with van der Waals surface area (Å²) in [5.74, 6) is -0.197. The Kier molecular flexibility index (Phi) is 9.71. The summed E-state index contributed by atoms with van der Waals surface area (Å²) in [7, 11) is -2.39. The standard InChI is InChI=1S/C26H37N3O5S/c1-18(2)15-27-26(31)21(5)28(16-22-11-9-8-10-20(22)4)25(30)17-29(35(7,32)33)23-14-19(3)12-13-24(23)34-6/h8-14,18,21H,15-17H2,1-7H3,(H,27,31). The number of hydrogen-bond acceptors (Lipinski definition) is 5. The van der Waals surface area contributed by atoms with Gasteiger partial charge in [-0.2, -0.15) is 0 Å². The summed E-state index contributed by atoms with van der Waals surface area (Å²) in [6.45, 7) is 9.58. The van der Waals surface area contributed by atoms with Crippen molar-refractivity contribution in [2.45, 2.75) is 47.2 Å². The van der Waals surface area contributed by atoms with Gasteiger partial charge >= 0.3 is 0 Å². The number of carbonyl (C=O) groups is 2. The van der Waals surface area contributed by atoms with E-state index < -0.39 is 28.5 Å². The molecule has 0 heterocycles. The number of nitrogens with zero attached hydrogens (tertiary/aromatic N) is 2. The zero-order chi connectivity index (χ0) is 26.3. The molecule has 1 N–H and O–H groups in total. The fourth-order valence-corrected chi connectivity index (χ4v) is 4.44. The fourth-order valence-electron chi connectivity index (χ4n) is 3.60. The molecule has 0 radical (unpaired) electrons. The number of hydrogen-bond donors (Lipinski definition) is 1. The summed E-state index contributed by atoms with van der Waals surface area (Å²) in [5.41, 5.74) is 2.94. The zero-order valence-electron chi connectivity index (χ0n) is 21.7. The van der Waals surface area contributed by atoms with E-state index in [1.807, 2.05) is 52.0 Å². The molecule has 0 bridgehead atoms. The molecule has 1 atom stereocenters. The first-order chi connectivity index (χ1) is 16.3. The number of carbonyl (C=O) groups excluding carboxylic acids is 2. The topological polar surface area (TPSA) is 96.0 Å². The van der Waals surface area contributed by atoms with E-state index >= 15 is 0 Å². The summed E-state index contributed by atoms with van der Waals surface area (Å²) in [5, 5.41) is 2.87. The van der Waals surface area contributed by atoms with Crippen LogP contribution in [0.5, 0.6) is 5.75 Å². The van der Waals surface area contributed by atoms with Gasteiger partial charge in [0.1, 0.15) is 18.3 Å². The summed E-state index contributed by atoms with van der Waals surface area (Å²) >= 11 is 0. The Morgan fingerprint density at radius 2 is 1.71 bits per heavy atom. The number of aryl methyl sites for hydroxylation is 2. The minimum absolute atomic E-state index is 0.171. The Labute approximate surface area is 209 Å². The van der Waals surface area contributed by atoms with Crippen molar-refractivity contribution in [3.63, 3.8) is 0 Å². The molecule has 8 nitrogen and oxygen atoms in total. The van der Waals surface area contributed by atoms with E-state index in [4.69, 9.17) is 4.74 Å². The second kappa shape index (κ2) is 12.1. The van der Waals surface area contributed by atoms with E-state index in [0.29, 0.717) is 12.3 Å². The molecule has 0 saturated heterocycles. The summed E-state index contributed by atoms with van der Waals surface area (Å²) in [6.07, 6.45) is 1.05. The molecule has 35 heavy (non-hydrogen) atoms. The Morgan fingerprint density at radius 1 is 1.06 bits per heavy atom. The third-order valence-corrected chi connectivity index (χ3v) is 6.86. The smallest absolute Gasteiger partial charge is 0.244 e. The van der Waals surface area contributed by atoms with Gasteiger partial charge in [0.2, 0.25) is 21.8 Å². The highest BCUT2D eigenvalue weighted by Gasteiger charge is 2.31. The van der Waals surface area contributed by atoms with E-state index in [9.17, 15) is 18.0 Å². The van der Waals surface area contributed by atoms with Crippen molar-refractivity contribution in [2.75, 3.05) is 30.8 Å². The number of amides is 2. The number of rotatable bonds is 11. The highest BCUT2D eigenvalue weighted by Crippen LogP contribution is 2.31. The van der Waals surface area contributed by atoms with Gasteiger partial charge in [0.25, 0.3) is 0 Å².